The van der Waals surface area contributed by atoms with Crippen LogP contribution in [0.3, 0.4) is 0 Å². The summed E-state index contributed by atoms with van der Waals surface area (Å²) in [4.78, 5) is 11.0. The van der Waals surface area contributed by atoms with Crippen molar-refractivity contribution in [2.24, 2.45) is 0 Å². The summed E-state index contributed by atoms with van der Waals surface area (Å²) in [5, 5.41) is 3.03. The van der Waals surface area contributed by atoms with Crippen LogP contribution in [0.5, 0.6) is 0 Å². The van der Waals surface area contributed by atoms with Crippen molar-refractivity contribution in [1.29, 1.82) is 0 Å². The quantitative estimate of drug-likeness (QED) is 0.550. The van der Waals surface area contributed by atoms with Crippen molar-refractivity contribution in [3.63, 3.8) is 0 Å². The number of thiol groups is 1. The summed E-state index contributed by atoms with van der Waals surface area (Å²) >= 11 is 5.18. The van der Waals surface area contributed by atoms with Crippen molar-refractivity contribution in [3.05, 3.63) is 0 Å². The van der Waals surface area contributed by atoms with Gasteiger partial charge >= 0.3 is 5.97 Å². The fourth-order valence-corrected chi connectivity index (χ4v) is 1.45. The molecule has 0 saturated heterocycles. The van der Waals surface area contributed by atoms with Crippen molar-refractivity contribution in [2.45, 2.75) is 19.4 Å². The lowest BCUT2D eigenvalue weighted by molar-refractivity contribution is -0.135. The summed E-state index contributed by atoms with van der Waals surface area (Å²) in [5.41, 5.74) is 0. The molecule has 0 heterocycles. The Hall–Kier alpha value is 0.420. The standard InChI is InChI=1S/C7H15NO2S2.ClH/c1-3-8-6(4-5-12-2)7(9)10-11;/h6,8,11H,3-5H2,1-2H3;1H/t6-;/m0./s1. The van der Waals surface area contributed by atoms with Gasteiger partial charge in [0.15, 0.2) is 0 Å². The molecule has 3 nitrogen and oxygen atoms in total. The summed E-state index contributed by atoms with van der Waals surface area (Å²) < 4.78 is 4.35. The topological polar surface area (TPSA) is 38.3 Å². The van der Waals surface area contributed by atoms with Gasteiger partial charge in [0.2, 0.25) is 0 Å². The average molecular weight is 246 g/mol. The summed E-state index contributed by atoms with van der Waals surface area (Å²) in [6.07, 6.45) is 2.80. The molecule has 80 valence electrons. The number of nitrogens with one attached hydrogen (secondary N) is 1. The maximum absolute atomic E-state index is 11.0. The Morgan fingerprint density at radius 2 is 2.31 bits per heavy atom. The first-order valence-corrected chi connectivity index (χ1v) is 5.59. The molecule has 0 aromatic rings. The van der Waals surface area contributed by atoms with Gasteiger partial charge in [-0.3, -0.25) is 0 Å². The monoisotopic (exact) mass is 245 g/mol. The second-order valence-electron chi connectivity index (χ2n) is 2.30. The number of thioether (sulfide) groups is 1. The Labute approximate surface area is 95.4 Å². The molecule has 1 N–H and O–H groups in total. The van der Waals surface area contributed by atoms with E-state index in [1.807, 2.05) is 13.2 Å². The van der Waals surface area contributed by atoms with Crippen LogP contribution in [-0.2, 0) is 8.98 Å². The summed E-state index contributed by atoms with van der Waals surface area (Å²) in [7, 11) is 0. The second kappa shape index (κ2) is 10.5. The van der Waals surface area contributed by atoms with E-state index in [1.165, 1.54) is 0 Å². The SMILES string of the molecule is CCN[C@@H](CCSC)C(=O)OS.Cl. The van der Waals surface area contributed by atoms with E-state index >= 15 is 0 Å². The largest absolute Gasteiger partial charge is 0.393 e. The zero-order valence-corrected chi connectivity index (χ0v) is 10.3. The third-order valence-electron chi connectivity index (χ3n) is 1.44. The lowest BCUT2D eigenvalue weighted by Gasteiger charge is -2.13. The van der Waals surface area contributed by atoms with Crippen LogP contribution in [0, 0.1) is 0 Å². The van der Waals surface area contributed by atoms with Gasteiger partial charge in [-0.1, -0.05) is 6.92 Å². The molecule has 0 aliphatic carbocycles. The number of likely N-dealkylation sites (N-methyl/N-ethyl adjacent to an activating group) is 1. The van der Waals surface area contributed by atoms with E-state index in [9.17, 15) is 4.79 Å². The molecule has 13 heavy (non-hydrogen) atoms. The van der Waals surface area contributed by atoms with Gasteiger partial charge in [-0.2, -0.15) is 11.8 Å². The molecule has 0 aliphatic rings. The molecular formula is C7H16ClNO2S2. The van der Waals surface area contributed by atoms with Crippen LogP contribution >= 0.6 is 37.1 Å². The van der Waals surface area contributed by atoms with Gasteiger partial charge < -0.3 is 9.50 Å². The van der Waals surface area contributed by atoms with Crippen LogP contribution < -0.4 is 5.32 Å². The maximum atomic E-state index is 11.0. The van der Waals surface area contributed by atoms with Gasteiger partial charge in [0.25, 0.3) is 0 Å². The smallest absolute Gasteiger partial charge is 0.334 e. The van der Waals surface area contributed by atoms with Crippen LogP contribution in [0.1, 0.15) is 13.3 Å². The highest BCUT2D eigenvalue weighted by Crippen LogP contribution is 2.03. The van der Waals surface area contributed by atoms with Gasteiger partial charge in [0.05, 0.1) is 0 Å². The Bertz CT molecular complexity index is 138. The fourth-order valence-electron chi connectivity index (χ4n) is 0.849. The number of rotatable bonds is 6. The number of halogens is 1. The van der Waals surface area contributed by atoms with Crippen molar-refractivity contribution >= 4 is 43.0 Å². The van der Waals surface area contributed by atoms with E-state index in [0.29, 0.717) is 0 Å². The van der Waals surface area contributed by atoms with Crippen LogP contribution in [0.4, 0.5) is 0 Å². The molecule has 0 aliphatic heterocycles. The van der Waals surface area contributed by atoms with E-state index in [-0.39, 0.29) is 24.4 Å². The van der Waals surface area contributed by atoms with Gasteiger partial charge in [0.1, 0.15) is 6.04 Å². The van der Waals surface area contributed by atoms with Crippen LogP contribution in [-0.4, -0.2) is 30.6 Å². The summed E-state index contributed by atoms with van der Waals surface area (Å²) in [6.45, 7) is 2.72. The molecule has 0 unspecified atom stereocenters. The summed E-state index contributed by atoms with van der Waals surface area (Å²) in [5.74, 6) is 0.648. The molecule has 6 heteroatoms. The minimum Gasteiger partial charge on any atom is -0.393 e. The Morgan fingerprint density at radius 3 is 2.69 bits per heavy atom. The molecular weight excluding hydrogens is 230 g/mol. The summed E-state index contributed by atoms with van der Waals surface area (Å²) in [6, 6.07) is -0.208. The minimum atomic E-state index is -0.297. The van der Waals surface area contributed by atoms with Crippen molar-refractivity contribution in [1.82, 2.24) is 5.32 Å². The maximum Gasteiger partial charge on any atom is 0.334 e. The first-order chi connectivity index (χ1) is 5.76. The molecule has 0 rings (SSSR count). The Morgan fingerprint density at radius 1 is 1.69 bits per heavy atom. The van der Waals surface area contributed by atoms with E-state index in [2.05, 4.69) is 22.4 Å². The van der Waals surface area contributed by atoms with E-state index in [0.717, 1.165) is 18.7 Å². The second-order valence-corrected chi connectivity index (χ2v) is 3.47. The molecule has 0 amide bonds. The van der Waals surface area contributed by atoms with Crippen molar-refractivity contribution < 1.29 is 8.98 Å². The van der Waals surface area contributed by atoms with Crippen LogP contribution in [0.2, 0.25) is 0 Å². The number of carbonyl (C=O) groups is 1. The molecule has 0 saturated carbocycles. The van der Waals surface area contributed by atoms with Crippen molar-refractivity contribution in [3.8, 4) is 0 Å². The average Bonchev–Trinajstić information content (AvgIpc) is 2.11. The zero-order valence-electron chi connectivity index (χ0n) is 7.78. The molecule has 0 aromatic heterocycles. The third-order valence-corrected chi connectivity index (χ3v) is 2.26. The number of hydrogen-bond acceptors (Lipinski definition) is 5. The predicted molar refractivity (Wildman–Crippen MR) is 62.8 cm³/mol. The van der Waals surface area contributed by atoms with E-state index < -0.39 is 0 Å². The predicted octanol–water partition coefficient (Wildman–Crippen LogP) is 1.53. The molecule has 0 spiro atoms. The molecule has 0 radical (unpaired) electrons. The highest BCUT2D eigenvalue weighted by atomic mass is 35.5. The van der Waals surface area contributed by atoms with Gasteiger partial charge in [0, 0.05) is 12.9 Å². The number of hydrogen-bond donors (Lipinski definition) is 2. The highest BCUT2D eigenvalue weighted by molar-refractivity contribution is 7.98. The lowest BCUT2D eigenvalue weighted by Crippen LogP contribution is -2.37. The first-order valence-electron chi connectivity index (χ1n) is 3.83. The van der Waals surface area contributed by atoms with Gasteiger partial charge in [-0.05, 0) is 25.0 Å². The fraction of sp³-hybridized carbons (Fsp3) is 0.857. The Balaban J connectivity index is 0. The molecule has 0 fully saturated rings. The van der Waals surface area contributed by atoms with E-state index in [4.69, 9.17) is 0 Å². The van der Waals surface area contributed by atoms with Crippen LogP contribution in [0.25, 0.3) is 0 Å². The van der Waals surface area contributed by atoms with Crippen molar-refractivity contribution in [2.75, 3.05) is 18.6 Å². The first kappa shape index (κ1) is 15.9. The third kappa shape index (κ3) is 7.49. The minimum absolute atomic E-state index is 0. The lowest BCUT2D eigenvalue weighted by atomic mass is 10.2. The Kier molecular flexibility index (Phi) is 12.8. The normalized spacial score (nSPS) is 11.6. The molecule has 1 atom stereocenters. The molecule has 0 aromatic carbocycles. The molecule has 0 bridgehead atoms. The van der Waals surface area contributed by atoms with Gasteiger partial charge in [-0.25, -0.2) is 4.79 Å². The zero-order chi connectivity index (χ0) is 9.40. The van der Waals surface area contributed by atoms with Crippen LogP contribution in [0.15, 0.2) is 0 Å². The highest BCUT2D eigenvalue weighted by Gasteiger charge is 2.16. The number of carbonyl (C=O) groups excluding carboxylic acids is 1. The van der Waals surface area contributed by atoms with E-state index in [1.54, 1.807) is 11.8 Å². The van der Waals surface area contributed by atoms with Gasteiger partial charge in [-0.15, -0.1) is 12.4 Å².